The molecule has 0 bridgehead atoms. The van der Waals surface area contributed by atoms with Crippen LogP contribution in [0.1, 0.15) is 12.6 Å². The fourth-order valence-electron chi connectivity index (χ4n) is 1.73. The van der Waals surface area contributed by atoms with E-state index in [2.05, 4.69) is 25.6 Å². The summed E-state index contributed by atoms with van der Waals surface area (Å²) in [6, 6.07) is 3.42. The van der Waals surface area contributed by atoms with Gasteiger partial charge in [0, 0.05) is 28.7 Å². The third-order valence-corrected chi connectivity index (χ3v) is 4.51. The van der Waals surface area contributed by atoms with E-state index in [-0.39, 0.29) is 6.03 Å². The van der Waals surface area contributed by atoms with E-state index in [0.717, 1.165) is 22.7 Å². The van der Waals surface area contributed by atoms with Gasteiger partial charge in [-0.3, -0.25) is 15.6 Å². The van der Waals surface area contributed by atoms with Crippen molar-refractivity contribution in [2.24, 2.45) is 0 Å². The maximum atomic E-state index is 11.9. The lowest BCUT2D eigenvalue weighted by molar-refractivity contribution is 0.262. The van der Waals surface area contributed by atoms with Crippen molar-refractivity contribution in [3.63, 3.8) is 0 Å². The van der Waals surface area contributed by atoms with Crippen LogP contribution in [0.5, 0.6) is 0 Å². The van der Waals surface area contributed by atoms with Crippen LogP contribution < -0.4 is 10.6 Å². The monoisotopic (exact) mass is 331 g/mol. The molecule has 0 aromatic carbocycles. The Morgan fingerprint density at radius 1 is 1.14 bits per heavy atom. The Morgan fingerprint density at radius 3 is 2.68 bits per heavy atom. The number of aryl methyl sites for hydroxylation is 1. The van der Waals surface area contributed by atoms with Crippen molar-refractivity contribution in [1.82, 2.24) is 15.0 Å². The lowest BCUT2D eigenvalue weighted by Gasteiger charge is -2.01. The highest BCUT2D eigenvalue weighted by molar-refractivity contribution is 7.14. The maximum absolute atomic E-state index is 11.9. The van der Waals surface area contributed by atoms with Crippen LogP contribution >= 0.6 is 22.7 Å². The van der Waals surface area contributed by atoms with E-state index in [9.17, 15) is 4.79 Å². The van der Waals surface area contributed by atoms with Gasteiger partial charge in [-0.2, -0.15) is 0 Å². The average molecular weight is 331 g/mol. The number of carbonyl (C=O) groups is 1. The van der Waals surface area contributed by atoms with Crippen LogP contribution in [0.4, 0.5) is 15.7 Å². The Balaban J connectivity index is 1.63. The van der Waals surface area contributed by atoms with Gasteiger partial charge in [-0.15, -0.1) is 22.7 Å². The first kappa shape index (κ1) is 14.6. The van der Waals surface area contributed by atoms with Crippen molar-refractivity contribution in [2.75, 3.05) is 10.6 Å². The number of nitrogens with zero attached hydrogens (tertiary/aromatic N) is 3. The Bertz CT molecular complexity index is 768. The van der Waals surface area contributed by atoms with Crippen molar-refractivity contribution in [3.05, 3.63) is 41.0 Å². The van der Waals surface area contributed by atoms with Gasteiger partial charge in [-0.1, -0.05) is 6.92 Å². The van der Waals surface area contributed by atoms with Crippen LogP contribution in [0.15, 0.2) is 35.3 Å². The minimum absolute atomic E-state index is 0.344. The first-order valence-corrected chi connectivity index (χ1v) is 8.39. The lowest BCUT2D eigenvalue weighted by atomic mass is 10.3. The van der Waals surface area contributed by atoms with Gasteiger partial charge in [-0.25, -0.2) is 14.8 Å². The smallest absolute Gasteiger partial charge is 0.291 e. The summed E-state index contributed by atoms with van der Waals surface area (Å²) in [5.74, 6) is 0.515. The standard InChI is InChI=1S/C14H13N5OS2/c1-2-10-7-22-14(16-10)19-13(20)18-11-8-21-12(17-11)9-3-5-15-6-4-9/h3-8H,2H2,1H3,(H2,16,18,19,20). The van der Waals surface area contributed by atoms with Gasteiger partial charge in [0.1, 0.15) is 10.8 Å². The van der Waals surface area contributed by atoms with Gasteiger partial charge in [0.15, 0.2) is 5.13 Å². The summed E-state index contributed by atoms with van der Waals surface area (Å²) < 4.78 is 0. The van der Waals surface area contributed by atoms with Crippen LogP contribution in [0, 0.1) is 0 Å². The molecule has 0 spiro atoms. The molecule has 0 aliphatic carbocycles. The van der Waals surface area contributed by atoms with Gasteiger partial charge in [0.25, 0.3) is 0 Å². The highest BCUT2D eigenvalue weighted by atomic mass is 32.1. The highest BCUT2D eigenvalue weighted by Crippen LogP contribution is 2.25. The Labute approximate surface area is 135 Å². The second-order valence-electron chi connectivity index (χ2n) is 4.35. The number of anilines is 2. The predicted molar refractivity (Wildman–Crippen MR) is 89.5 cm³/mol. The molecule has 0 aliphatic rings. The topological polar surface area (TPSA) is 79.8 Å². The number of pyridine rings is 1. The lowest BCUT2D eigenvalue weighted by Crippen LogP contribution is -2.19. The number of rotatable bonds is 4. The first-order chi connectivity index (χ1) is 10.7. The molecule has 3 aromatic heterocycles. The Morgan fingerprint density at radius 2 is 1.95 bits per heavy atom. The number of hydrogen-bond acceptors (Lipinski definition) is 6. The molecule has 0 fully saturated rings. The van der Waals surface area contributed by atoms with E-state index in [1.54, 1.807) is 17.8 Å². The minimum Gasteiger partial charge on any atom is -0.291 e. The zero-order chi connectivity index (χ0) is 15.4. The second kappa shape index (κ2) is 6.63. The van der Waals surface area contributed by atoms with E-state index >= 15 is 0 Å². The third kappa shape index (κ3) is 3.46. The fourth-order valence-corrected chi connectivity index (χ4v) is 3.28. The summed E-state index contributed by atoms with van der Waals surface area (Å²) in [5.41, 5.74) is 1.94. The average Bonchev–Trinajstić information content (AvgIpc) is 3.17. The van der Waals surface area contributed by atoms with E-state index in [4.69, 9.17) is 0 Å². The molecule has 8 heteroatoms. The molecule has 2 amide bonds. The molecule has 3 rings (SSSR count). The van der Waals surface area contributed by atoms with Gasteiger partial charge >= 0.3 is 6.03 Å². The van der Waals surface area contributed by atoms with Crippen molar-refractivity contribution in [1.29, 1.82) is 0 Å². The van der Waals surface area contributed by atoms with Crippen molar-refractivity contribution < 1.29 is 4.79 Å². The molecule has 6 nitrogen and oxygen atoms in total. The van der Waals surface area contributed by atoms with E-state index in [1.165, 1.54) is 22.7 Å². The zero-order valence-corrected chi connectivity index (χ0v) is 13.4. The highest BCUT2D eigenvalue weighted by Gasteiger charge is 2.09. The SMILES string of the molecule is CCc1csc(NC(=O)Nc2csc(-c3ccncc3)n2)n1. The number of nitrogens with one attached hydrogen (secondary N) is 2. The molecule has 3 heterocycles. The molecule has 2 N–H and O–H groups in total. The summed E-state index contributed by atoms with van der Waals surface area (Å²) in [5, 5.41) is 10.6. The van der Waals surface area contributed by atoms with Crippen LogP contribution in [0.25, 0.3) is 10.6 Å². The Kier molecular flexibility index (Phi) is 4.40. The third-order valence-electron chi connectivity index (χ3n) is 2.81. The number of amides is 2. The maximum Gasteiger partial charge on any atom is 0.326 e. The van der Waals surface area contributed by atoms with E-state index < -0.39 is 0 Å². The van der Waals surface area contributed by atoms with Crippen LogP contribution in [-0.4, -0.2) is 21.0 Å². The molecule has 112 valence electrons. The molecular formula is C14H13N5OS2. The van der Waals surface area contributed by atoms with Crippen molar-refractivity contribution in [2.45, 2.75) is 13.3 Å². The number of carbonyl (C=O) groups excluding carboxylic acids is 1. The van der Waals surface area contributed by atoms with Gasteiger partial charge < -0.3 is 0 Å². The van der Waals surface area contributed by atoms with Gasteiger partial charge in [0.2, 0.25) is 0 Å². The molecule has 22 heavy (non-hydrogen) atoms. The molecular weight excluding hydrogens is 318 g/mol. The summed E-state index contributed by atoms with van der Waals surface area (Å²) in [6.45, 7) is 2.02. The molecule has 0 unspecified atom stereocenters. The number of aromatic nitrogens is 3. The van der Waals surface area contributed by atoms with Crippen LogP contribution in [0.2, 0.25) is 0 Å². The molecule has 0 aliphatic heterocycles. The van der Waals surface area contributed by atoms with Gasteiger partial charge in [0.05, 0.1) is 5.69 Å². The van der Waals surface area contributed by atoms with Crippen molar-refractivity contribution >= 4 is 39.7 Å². The molecule has 0 saturated carbocycles. The van der Waals surface area contributed by atoms with E-state index in [0.29, 0.717) is 10.9 Å². The largest absolute Gasteiger partial charge is 0.326 e. The van der Waals surface area contributed by atoms with Crippen molar-refractivity contribution in [3.8, 4) is 10.6 Å². The summed E-state index contributed by atoms with van der Waals surface area (Å²) in [4.78, 5) is 24.6. The van der Waals surface area contributed by atoms with Crippen LogP contribution in [0.3, 0.4) is 0 Å². The quantitative estimate of drug-likeness (QED) is 0.760. The summed E-state index contributed by atoms with van der Waals surface area (Å²) >= 11 is 2.87. The fraction of sp³-hybridized carbons (Fsp3) is 0.143. The summed E-state index contributed by atoms with van der Waals surface area (Å²) in [6.07, 6.45) is 4.27. The van der Waals surface area contributed by atoms with Crippen LogP contribution in [-0.2, 0) is 6.42 Å². The number of urea groups is 1. The predicted octanol–water partition coefficient (Wildman–Crippen LogP) is 3.87. The molecule has 0 saturated heterocycles. The normalized spacial score (nSPS) is 10.4. The first-order valence-electron chi connectivity index (χ1n) is 6.63. The van der Waals surface area contributed by atoms with E-state index in [1.807, 2.05) is 24.4 Å². The zero-order valence-electron chi connectivity index (χ0n) is 11.7. The second-order valence-corrected chi connectivity index (χ2v) is 6.07. The molecule has 0 radical (unpaired) electrons. The number of hydrogen-bond donors (Lipinski definition) is 2. The molecule has 3 aromatic rings. The number of thiazole rings is 2. The minimum atomic E-state index is -0.344. The van der Waals surface area contributed by atoms with Gasteiger partial charge in [-0.05, 0) is 18.6 Å². The molecule has 0 atom stereocenters. The Hall–Kier alpha value is -2.32. The summed E-state index contributed by atoms with van der Waals surface area (Å²) in [7, 11) is 0.